The SMILES string of the molecule is COC(=O)C=C(N)Cc1ccc(Cl)cc1. The number of halogens is 1. The van der Waals surface area contributed by atoms with Crippen LogP contribution in [0.25, 0.3) is 0 Å². The van der Waals surface area contributed by atoms with Gasteiger partial charge in [-0.2, -0.15) is 0 Å². The lowest BCUT2D eigenvalue weighted by Crippen LogP contribution is -2.06. The average Bonchev–Trinajstić information content (AvgIpc) is 2.21. The number of benzene rings is 1. The maximum Gasteiger partial charge on any atom is 0.332 e. The number of ether oxygens (including phenoxy) is 1. The Morgan fingerprint density at radius 1 is 1.47 bits per heavy atom. The summed E-state index contributed by atoms with van der Waals surface area (Å²) in [5.41, 5.74) is 7.11. The summed E-state index contributed by atoms with van der Waals surface area (Å²) in [5, 5.41) is 0.675. The van der Waals surface area contributed by atoms with E-state index in [4.69, 9.17) is 17.3 Å². The Hall–Kier alpha value is -1.48. The molecule has 0 aromatic heterocycles. The standard InChI is InChI=1S/C11H12ClNO2/c1-15-11(14)7-10(13)6-8-2-4-9(12)5-3-8/h2-5,7H,6,13H2,1H3. The summed E-state index contributed by atoms with van der Waals surface area (Å²) in [5.74, 6) is -0.443. The van der Waals surface area contributed by atoms with Gasteiger partial charge < -0.3 is 10.5 Å². The Bertz CT molecular complexity index is 371. The van der Waals surface area contributed by atoms with Crippen LogP contribution in [0.1, 0.15) is 5.56 Å². The summed E-state index contributed by atoms with van der Waals surface area (Å²) in [6.45, 7) is 0. The van der Waals surface area contributed by atoms with E-state index in [1.54, 1.807) is 12.1 Å². The largest absolute Gasteiger partial charge is 0.466 e. The van der Waals surface area contributed by atoms with Crippen molar-refractivity contribution in [3.8, 4) is 0 Å². The molecule has 2 N–H and O–H groups in total. The molecule has 0 atom stereocenters. The maximum absolute atomic E-state index is 10.9. The summed E-state index contributed by atoms with van der Waals surface area (Å²) in [6, 6.07) is 7.28. The van der Waals surface area contributed by atoms with Crippen molar-refractivity contribution in [2.45, 2.75) is 6.42 Å². The second-order valence-corrected chi connectivity index (χ2v) is 3.48. The van der Waals surface area contributed by atoms with Gasteiger partial charge in [-0.3, -0.25) is 0 Å². The van der Waals surface area contributed by atoms with Crippen LogP contribution in [-0.2, 0) is 16.0 Å². The minimum atomic E-state index is -0.443. The highest BCUT2D eigenvalue weighted by molar-refractivity contribution is 6.30. The van der Waals surface area contributed by atoms with Crippen molar-refractivity contribution in [3.63, 3.8) is 0 Å². The third kappa shape index (κ3) is 4.04. The highest BCUT2D eigenvalue weighted by atomic mass is 35.5. The molecule has 0 aliphatic heterocycles. The molecule has 0 radical (unpaired) electrons. The number of methoxy groups -OCH3 is 1. The highest BCUT2D eigenvalue weighted by Gasteiger charge is 1.99. The van der Waals surface area contributed by atoms with Crippen molar-refractivity contribution < 1.29 is 9.53 Å². The zero-order valence-corrected chi connectivity index (χ0v) is 9.12. The molecule has 0 saturated heterocycles. The number of carbonyl (C=O) groups is 1. The molecule has 80 valence electrons. The molecule has 0 saturated carbocycles. The molecule has 0 aliphatic rings. The number of hydrogen-bond acceptors (Lipinski definition) is 3. The third-order valence-corrected chi connectivity index (χ3v) is 2.08. The molecule has 3 nitrogen and oxygen atoms in total. The lowest BCUT2D eigenvalue weighted by atomic mass is 10.1. The van der Waals surface area contributed by atoms with Gasteiger partial charge in [0.25, 0.3) is 0 Å². The van der Waals surface area contributed by atoms with Crippen molar-refractivity contribution in [1.82, 2.24) is 0 Å². The van der Waals surface area contributed by atoms with Gasteiger partial charge in [0.1, 0.15) is 0 Å². The maximum atomic E-state index is 10.9. The lowest BCUT2D eigenvalue weighted by molar-refractivity contribution is -0.134. The summed E-state index contributed by atoms with van der Waals surface area (Å²) in [7, 11) is 1.31. The van der Waals surface area contributed by atoms with Crippen molar-refractivity contribution in [2.24, 2.45) is 5.73 Å². The zero-order chi connectivity index (χ0) is 11.3. The van der Waals surface area contributed by atoms with Crippen molar-refractivity contribution in [2.75, 3.05) is 7.11 Å². The number of rotatable bonds is 3. The summed E-state index contributed by atoms with van der Waals surface area (Å²) < 4.78 is 4.46. The summed E-state index contributed by atoms with van der Waals surface area (Å²) >= 11 is 5.74. The van der Waals surface area contributed by atoms with Gasteiger partial charge in [-0.15, -0.1) is 0 Å². The molecule has 0 heterocycles. The topological polar surface area (TPSA) is 52.3 Å². The first kappa shape index (κ1) is 11.6. The molecule has 4 heteroatoms. The Morgan fingerprint density at radius 2 is 2.07 bits per heavy atom. The second-order valence-electron chi connectivity index (χ2n) is 3.05. The van der Waals surface area contributed by atoms with Crippen LogP contribution in [0.4, 0.5) is 0 Å². The van der Waals surface area contributed by atoms with Gasteiger partial charge in [0.15, 0.2) is 0 Å². The van der Waals surface area contributed by atoms with E-state index < -0.39 is 5.97 Å². The van der Waals surface area contributed by atoms with E-state index in [2.05, 4.69) is 4.74 Å². The fourth-order valence-electron chi connectivity index (χ4n) is 1.10. The molecule has 0 unspecified atom stereocenters. The summed E-state index contributed by atoms with van der Waals surface area (Å²) in [4.78, 5) is 10.9. The van der Waals surface area contributed by atoms with Crippen LogP contribution in [-0.4, -0.2) is 13.1 Å². The lowest BCUT2D eigenvalue weighted by Gasteiger charge is -2.01. The van der Waals surface area contributed by atoms with Crippen LogP contribution >= 0.6 is 11.6 Å². The average molecular weight is 226 g/mol. The van der Waals surface area contributed by atoms with Crippen LogP contribution in [0, 0.1) is 0 Å². The van der Waals surface area contributed by atoms with E-state index in [-0.39, 0.29) is 0 Å². The predicted molar refractivity (Wildman–Crippen MR) is 59.4 cm³/mol. The number of allylic oxidation sites excluding steroid dienone is 1. The van der Waals surface area contributed by atoms with Crippen molar-refractivity contribution in [3.05, 3.63) is 46.6 Å². The Kier molecular flexibility index (Phi) is 4.18. The van der Waals surface area contributed by atoms with Crippen molar-refractivity contribution in [1.29, 1.82) is 0 Å². The molecule has 1 aromatic carbocycles. The summed E-state index contributed by atoms with van der Waals surface area (Å²) in [6.07, 6.45) is 1.78. The number of esters is 1. The van der Waals surface area contributed by atoms with E-state index in [0.717, 1.165) is 5.56 Å². The molecule has 1 rings (SSSR count). The molecule has 0 spiro atoms. The van der Waals surface area contributed by atoms with Crippen LogP contribution in [0.3, 0.4) is 0 Å². The molecule has 0 bridgehead atoms. The van der Waals surface area contributed by atoms with Crippen LogP contribution in [0.15, 0.2) is 36.0 Å². The van der Waals surface area contributed by atoms with E-state index in [1.807, 2.05) is 12.1 Å². The molecule has 0 amide bonds. The quantitative estimate of drug-likeness (QED) is 0.632. The van der Waals surface area contributed by atoms with Crippen LogP contribution in [0.2, 0.25) is 5.02 Å². The molecule has 15 heavy (non-hydrogen) atoms. The molecule has 0 fully saturated rings. The van der Waals surface area contributed by atoms with E-state index in [0.29, 0.717) is 17.1 Å². The minimum absolute atomic E-state index is 0.443. The predicted octanol–water partition coefficient (Wildman–Crippen LogP) is 1.90. The highest BCUT2D eigenvalue weighted by Crippen LogP contribution is 2.11. The third-order valence-electron chi connectivity index (χ3n) is 1.83. The monoisotopic (exact) mass is 225 g/mol. The fourth-order valence-corrected chi connectivity index (χ4v) is 1.23. The van der Waals surface area contributed by atoms with Crippen LogP contribution < -0.4 is 5.73 Å². The zero-order valence-electron chi connectivity index (χ0n) is 8.37. The van der Waals surface area contributed by atoms with Crippen LogP contribution in [0.5, 0.6) is 0 Å². The first-order valence-corrected chi connectivity index (χ1v) is 4.78. The Balaban J connectivity index is 2.66. The Morgan fingerprint density at radius 3 is 2.60 bits per heavy atom. The van der Waals surface area contributed by atoms with Gasteiger partial charge in [-0.25, -0.2) is 4.79 Å². The molecule has 1 aromatic rings. The second kappa shape index (κ2) is 5.41. The van der Waals surface area contributed by atoms with E-state index >= 15 is 0 Å². The smallest absolute Gasteiger partial charge is 0.332 e. The number of nitrogens with two attached hydrogens (primary N) is 1. The first-order valence-electron chi connectivity index (χ1n) is 4.40. The Labute approximate surface area is 93.5 Å². The number of hydrogen-bond donors (Lipinski definition) is 1. The molecular formula is C11H12ClNO2. The number of carbonyl (C=O) groups excluding carboxylic acids is 1. The fraction of sp³-hybridized carbons (Fsp3) is 0.182. The molecular weight excluding hydrogens is 214 g/mol. The first-order chi connectivity index (χ1) is 7.11. The van der Waals surface area contributed by atoms with Gasteiger partial charge in [0.05, 0.1) is 7.11 Å². The van der Waals surface area contributed by atoms with Gasteiger partial charge in [0.2, 0.25) is 0 Å². The van der Waals surface area contributed by atoms with Gasteiger partial charge in [-0.05, 0) is 17.7 Å². The van der Waals surface area contributed by atoms with E-state index in [9.17, 15) is 4.79 Å². The van der Waals surface area contributed by atoms with Gasteiger partial charge in [0, 0.05) is 23.2 Å². The minimum Gasteiger partial charge on any atom is -0.466 e. The van der Waals surface area contributed by atoms with Gasteiger partial charge >= 0.3 is 5.97 Å². The van der Waals surface area contributed by atoms with E-state index in [1.165, 1.54) is 13.2 Å². The molecule has 0 aliphatic carbocycles. The van der Waals surface area contributed by atoms with Gasteiger partial charge in [-0.1, -0.05) is 23.7 Å². The van der Waals surface area contributed by atoms with Crippen molar-refractivity contribution >= 4 is 17.6 Å². The normalized spacial score (nSPS) is 11.2.